The number of nitrogens with zero attached hydrogens (tertiary/aromatic N) is 1. The number of aliphatic hydroxyl groups excluding tert-OH is 1. The lowest BCUT2D eigenvalue weighted by atomic mass is 9.96. The van der Waals surface area contributed by atoms with Gasteiger partial charge < -0.3 is 14.8 Å². The number of benzene rings is 2. The summed E-state index contributed by atoms with van der Waals surface area (Å²) >= 11 is 0. The Morgan fingerprint density at radius 3 is 2.53 bits per heavy atom. The molecule has 2 aromatic carbocycles. The number of aliphatic hydroxyl groups is 1. The first-order chi connectivity index (χ1) is 15.5. The van der Waals surface area contributed by atoms with E-state index in [0.29, 0.717) is 23.6 Å². The molecule has 2 amide bonds. The zero-order chi connectivity index (χ0) is 22.7. The van der Waals surface area contributed by atoms with E-state index < -0.39 is 17.7 Å². The first-order valence-electron chi connectivity index (χ1n) is 10.2. The standard InChI is InChI=1S/C25H22N2O5/c1-16(28)26-18-9-5-10-19(15-18)27-23(21-11-6-14-32-21)22(24(30)25(27)31)20(29)13-12-17-7-3-2-4-8-17/h2-11,14-15,23,30H,12-13H2,1H3,(H,26,28). The number of nitrogens with one attached hydrogen (secondary N) is 1. The number of hydrogen-bond donors (Lipinski definition) is 2. The van der Waals surface area contributed by atoms with Crippen LogP contribution in [-0.4, -0.2) is 22.7 Å². The summed E-state index contributed by atoms with van der Waals surface area (Å²) in [5, 5.41) is 13.4. The molecule has 0 fully saturated rings. The Labute approximate surface area is 185 Å². The van der Waals surface area contributed by atoms with Gasteiger partial charge in [0, 0.05) is 24.7 Å². The Hall–Kier alpha value is -4.13. The van der Waals surface area contributed by atoms with Crippen molar-refractivity contribution in [2.45, 2.75) is 25.8 Å². The van der Waals surface area contributed by atoms with E-state index in [9.17, 15) is 19.5 Å². The monoisotopic (exact) mass is 430 g/mol. The van der Waals surface area contributed by atoms with Gasteiger partial charge >= 0.3 is 0 Å². The number of anilines is 2. The average molecular weight is 430 g/mol. The molecule has 1 aliphatic rings. The van der Waals surface area contributed by atoms with E-state index in [0.717, 1.165) is 5.56 Å². The number of furan rings is 1. The molecule has 1 aromatic heterocycles. The van der Waals surface area contributed by atoms with Gasteiger partial charge in [-0.15, -0.1) is 0 Å². The summed E-state index contributed by atoms with van der Waals surface area (Å²) in [6.45, 7) is 1.39. The van der Waals surface area contributed by atoms with E-state index in [1.54, 1.807) is 36.4 Å². The quantitative estimate of drug-likeness (QED) is 0.581. The molecular formula is C25H22N2O5. The normalized spacial score (nSPS) is 15.8. The molecule has 0 bridgehead atoms. The largest absolute Gasteiger partial charge is 0.503 e. The molecule has 4 rings (SSSR count). The molecule has 2 N–H and O–H groups in total. The zero-order valence-corrected chi connectivity index (χ0v) is 17.4. The molecule has 1 unspecified atom stereocenters. The average Bonchev–Trinajstić information content (AvgIpc) is 3.39. The van der Waals surface area contributed by atoms with Gasteiger partial charge in [-0.3, -0.25) is 19.3 Å². The second kappa shape index (κ2) is 8.93. The van der Waals surface area contributed by atoms with E-state index in [4.69, 9.17) is 4.42 Å². The Bertz CT molecular complexity index is 1180. The molecule has 1 aliphatic heterocycles. The fourth-order valence-corrected chi connectivity index (χ4v) is 3.85. The van der Waals surface area contributed by atoms with Crippen LogP contribution in [0.4, 0.5) is 11.4 Å². The van der Waals surface area contributed by atoms with Crippen LogP contribution in [0.1, 0.15) is 30.7 Å². The zero-order valence-electron chi connectivity index (χ0n) is 17.4. The van der Waals surface area contributed by atoms with Crippen LogP contribution >= 0.6 is 0 Å². The summed E-state index contributed by atoms with van der Waals surface area (Å²) < 4.78 is 5.54. The number of carbonyl (C=O) groups excluding carboxylic acids is 3. The van der Waals surface area contributed by atoms with Gasteiger partial charge in [-0.05, 0) is 42.3 Å². The van der Waals surface area contributed by atoms with Crippen molar-refractivity contribution in [1.29, 1.82) is 0 Å². The van der Waals surface area contributed by atoms with Crippen molar-refractivity contribution in [3.8, 4) is 0 Å². The Kier molecular flexibility index (Phi) is 5.89. The fourth-order valence-electron chi connectivity index (χ4n) is 3.85. The van der Waals surface area contributed by atoms with Gasteiger partial charge in [0.1, 0.15) is 11.8 Å². The molecule has 0 radical (unpaired) electrons. The fraction of sp³-hybridized carbons (Fsp3) is 0.160. The van der Waals surface area contributed by atoms with Crippen LogP contribution in [0, 0.1) is 0 Å². The highest BCUT2D eigenvalue weighted by molar-refractivity contribution is 6.16. The molecule has 2 heterocycles. The lowest BCUT2D eigenvalue weighted by Gasteiger charge is -2.25. The second-order valence-electron chi connectivity index (χ2n) is 7.50. The molecule has 32 heavy (non-hydrogen) atoms. The van der Waals surface area contributed by atoms with Gasteiger partial charge in [0.2, 0.25) is 5.91 Å². The van der Waals surface area contributed by atoms with Crippen LogP contribution in [0.25, 0.3) is 0 Å². The molecule has 162 valence electrons. The van der Waals surface area contributed by atoms with E-state index in [1.165, 1.54) is 18.1 Å². The summed E-state index contributed by atoms with van der Waals surface area (Å²) in [5.41, 5.74) is 1.90. The number of ketones is 1. The number of Topliss-reactive ketones (excluding diaryl/α,β-unsaturated/α-hetero) is 1. The maximum absolute atomic E-state index is 13.2. The molecule has 0 spiro atoms. The van der Waals surface area contributed by atoms with Crippen molar-refractivity contribution in [3.05, 3.63) is 95.6 Å². The van der Waals surface area contributed by atoms with Crippen molar-refractivity contribution < 1.29 is 23.9 Å². The second-order valence-corrected chi connectivity index (χ2v) is 7.50. The highest BCUT2D eigenvalue weighted by atomic mass is 16.3. The maximum Gasteiger partial charge on any atom is 0.294 e. The molecule has 3 aromatic rings. The number of carbonyl (C=O) groups is 3. The van der Waals surface area contributed by atoms with Gasteiger partial charge in [-0.1, -0.05) is 36.4 Å². The molecule has 7 nitrogen and oxygen atoms in total. The molecule has 0 saturated heterocycles. The van der Waals surface area contributed by atoms with Crippen molar-refractivity contribution in [2.24, 2.45) is 0 Å². The van der Waals surface area contributed by atoms with Gasteiger partial charge in [0.05, 0.1) is 11.8 Å². The smallest absolute Gasteiger partial charge is 0.294 e. The third-order valence-corrected chi connectivity index (χ3v) is 5.25. The minimum atomic E-state index is -0.909. The highest BCUT2D eigenvalue weighted by Crippen LogP contribution is 2.42. The number of hydrogen-bond acceptors (Lipinski definition) is 5. The van der Waals surface area contributed by atoms with Crippen molar-refractivity contribution >= 4 is 29.0 Å². The van der Waals surface area contributed by atoms with E-state index >= 15 is 0 Å². The van der Waals surface area contributed by atoms with Crippen LogP contribution in [0.3, 0.4) is 0 Å². The van der Waals surface area contributed by atoms with Gasteiger partial charge in [-0.2, -0.15) is 0 Å². The number of aryl methyl sites for hydroxylation is 1. The Morgan fingerprint density at radius 2 is 1.84 bits per heavy atom. The minimum Gasteiger partial charge on any atom is -0.503 e. The first-order valence-corrected chi connectivity index (χ1v) is 10.2. The molecule has 0 aliphatic carbocycles. The maximum atomic E-state index is 13.2. The van der Waals surface area contributed by atoms with Crippen LogP contribution < -0.4 is 10.2 Å². The van der Waals surface area contributed by atoms with E-state index in [-0.39, 0.29) is 23.7 Å². The van der Waals surface area contributed by atoms with Gasteiger partial charge in [0.25, 0.3) is 5.91 Å². The highest BCUT2D eigenvalue weighted by Gasteiger charge is 2.45. The van der Waals surface area contributed by atoms with Crippen molar-refractivity contribution in [2.75, 3.05) is 10.2 Å². The molecular weight excluding hydrogens is 408 g/mol. The third-order valence-electron chi connectivity index (χ3n) is 5.25. The van der Waals surface area contributed by atoms with Gasteiger partial charge in [0.15, 0.2) is 11.5 Å². The van der Waals surface area contributed by atoms with Crippen molar-refractivity contribution in [1.82, 2.24) is 0 Å². The summed E-state index contributed by atoms with van der Waals surface area (Å²) in [4.78, 5) is 39.0. The predicted molar refractivity (Wildman–Crippen MR) is 119 cm³/mol. The Morgan fingerprint density at radius 1 is 1.06 bits per heavy atom. The number of rotatable bonds is 7. The van der Waals surface area contributed by atoms with Crippen LogP contribution in [-0.2, 0) is 20.8 Å². The molecule has 1 atom stereocenters. The summed E-state index contributed by atoms with van der Waals surface area (Å²) in [6.07, 6.45) is 2.06. The van der Waals surface area contributed by atoms with E-state index in [1.807, 2.05) is 30.3 Å². The lowest BCUT2D eigenvalue weighted by molar-refractivity contribution is -0.118. The molecule has 0 saturated carbocycles. The van der Waals surface area contributed by atoms with E-state index in [2.05, 4.69) is 5.32 Å². The first kappa shape index (κ1) is 21.1. The van der Waals surface area contributed by atoms with Gasteiger partial charge in [-0.25, -0.2) is 0 Å². The summed E-state index contributed by atoms with van der Waals surface area (Å²) in [5.74, 6) is -1.52. The summed E-state index contributed by atoms with van der Waals surface area (Å²) in [7, 11) is 0. The SMILES string of the molecule is CC(=O)Nc1cccc(N2C(=O)C(O)=C(C(=O)CCc3ccccc3)C2c2ccco2)c1. The topological polar surface area (TPSA) is 99.9 Å². The minimum absolute atomic E-state index is 0.00538. The third kappa shape index (κ3) is 4.18. The number of amides is 2. The summed E-state index contributed by atoms with van der Waals surface area (Å²) in [6, 6.07) is 18.6. The van der Waals surface area contributed by atoms with Crippen LogP contribution in [0.15, 0.2) is 88.7 Å². The van der Waals surface area contributed by atoms with Crippen LogP contribution in [0.2, 0.25) is 0 Å². The lowest BCUT2D eigenvalue weighted by Crippen LogP contribution is -2.31. The van der Waals surface area contributed by atoms with Crippen LogP contribution in [0.5, 0.6) is 0 Å². The molecule has 7 heteroatoms. The van der Waals surface area contributed by atoms with Crippen molar-refractivity contribution in [3.63, 3.8) is 0 Å². The predicted octanol–water partition coefficient (Wildman–Crippen LogP) is 4.34. The Balaban J connectivity index is 1.68.